The molecule has 0 unspecified atom stereocenters. The number of rotatable bonds is 11. The van der Waals surface area contributed by atoms with Crippen LogP contribution in [0.15, 0.2) is 96.4 Å². The van der Waals surface area contributed by atoms with E-state index in [1.54, 1.807) is 24.3 Å². The third-order valence-electron chi connectivity index (χ3n) is 5.36. The highest BCUT2D eigenvalue weighted by molar-refractivity contribution is 7.89. The molecule has 0 fully saturated rings. The molecule has 34 heavy (non-hydrogen) atoms. The average molecular weight is 483 g/mol. The molecule has 0 aliphatic carbocycles. The van der Waals surface area contributed by atoms with Gasteiger partial charge in [0.15, 0.2) is 6.29 Å². The van der Waals surface area contributed by atoms with Crippen molar-refractivity contribution in [2.24, 2.45) is 0 Å². The predicted molar refractivity (Wildman–Crippen MR) is 129 cm³/mol. The topological polar surface area (TPSA) is 99.0 Å². The van der Waals surface area contributed by atoms with Crippen LogP contribution >= 0.6 is 0 Å². The summed E-state index contributed by atoms with van der Waals surface area (Å²) in [7, 11) is -1.29. The summed E-state index contributed by atoms with van der Waals surface area (Å²) < 4.78 is 40.2. The van der Waals surface area contributed by atoms with Crippen molar-refractivity contribution in [3.05, 3.63) is 113 Å². The Morgan fingerprint density at radius 1 is 0.941 bits per heavy atom. The molecule has 3 aromatic carbocycles. The first-order valence-corrected chi connectivity index (χ1v) is 11.8. The van der Waals surface area contributed by atoms with Crippen molar-refractivity contribution >= 4 is 21.3 Å². The minimum atomic E-state index is -4.17. The molecule has 3 aromatic rings. The Balaban J connectivity index is 2.15. The molecule has 0 aliphatic rings. The lowest BCUT2D eigenvalue weighted by Crippen LogP contribution is -2.43. The molecule has 3 rings (SSSR count). The summed E-state index contributed by atoms with van der Waals surface area (Å²) in [5.74, 6) is 0. The van der Waals surface area contributed by atoms with Gasteiger partial charge >= 0.3 is 0 Å². The minimum Gasteiger partial charge on any atom is -0.354 e. The molecule has 0 aliphatic heterocycles. The Morgan fingerprint density at radius 2 is 1.47 bits per heavy atom. The lowest BCUT2D eigenvalue weighted by Gasteiger charge is -2.35. The number of non-ortho nitro benzene ring substituents is 1. The van der Waals surface area contributed by atoms with Crippen molar-refractivity contribution in [2.75, 3.05) is 20.8 Å². The molecule has 8 nitrogen and oxygen atoms in total. The maximum Gasteiger partial charge on any atom is 0.269 e. The van der Waals surface area contributed by atoms with Crippen molar-refractivity contribution in [3.63, 3.8) is 0 Å². The van der Waals surface area contributed by atoms with Crippen molar-refractivity contribution in [3.8, 4) is 0 Å². The third-order valence-corrected chi connectivity index (χ3v) is 7.20. The summed E-state index contributed by atoms with van der Waals surface area (Å²) in [6.07, 6.45) is -0.932. The molecule has 0 saturated carbocycles. The fraction of sp³-hybridized carbons (Fsp3) is 0.200. The van der Waals surface area contributed by atoms with Gasteiger partial charge in [0.25, 0.3) is 5.69 Å². The molecule has 9 heteroatoms. The van der Waals surface area contributed by atoms with Gasteiger partial charge in [-0.1, -0.05) is 67.2 Å². The van der Waals surface area contributed by atoms with Crippen LogP contribution in [-0.4, -0.2) is 44.7 Å². The molecular formula is C25H26N2O6S. The zero-order valence-corrected chi connectivity index (χ0v) is 19.7. The van der Waals surface area contributed by atoms with E-state index in [9.17, 15) is 18.5 Å². The number of ether oxygens (including phenoxy) is 2. The Labute approximate surface area is 199 Å². The number of benzene rings is 3. The highest BCUT2D eigenvalue weighted by Crippen LogP contribution is 2.34. The van der Waals surface area contributed by atoms with Gasteiger partial charge in [-0.2, -0.15) is 4.31 Å². The number of hydrogen-bond donors (Lipinski definition) is 0. The standard InChI is InChI=1S/C25H26N2O6S/c1-19(20-10-6-4-7-11-20)18-26(24(25(32-2)33-3)21-12-8-5-9-13-21)34(30,31)23-16-14-22(15-17-23)27(28)29/h4-17,24-25H,1,18H2,2-3H3/t24-/m1/s1. The monoisotopic (exact) mass is 482 g/mol. The van der Waals surface area contributed by atoms with E-state index in [2.05, 4.69) is 6.58 Å². The van der Waals surface area contributed by atoms with Crippen LogP contribution in [0.3, 0.4) is 0 Å². The molecular weight excluding hydrogens is 456 g/mol. The van der Waals surface area contributed by atoms with Gasteiger partial charge in [-0.3, -0.25) is 10.1 Å². The summed E-state index contributed by atoms with van der Waals surface area (Å²) in [5.41, 5.74) is 1.80. The van der Waals surface area contributed by atoms with E-state index in [-0.39, 0.29) is 17.1 Å². The molecule has 0 N–H and O–H groups in total. The number of nitro groups is 1. The van der Waals surface area contributed by atoms with Crippen LogP contribution in [0.4, 0.5) is 5.69 Å². The molecule has 0 saturated heterocycles. The molecule has 0 radical (unpaired) electrons. The highest BCUT2D eigenvalue weighted by Gasteiger charge is 2.38. The summed E-state index contributed by atoms with van der Waals surface area (Å²) in [6, 6.07) is 22.2. The van der Waals surface area contributed by atoms with Crippen LogP contribution in [0.2, 0.25) is 0 Å². The first-order chi connectivity index (χ1) is 16.3. The zero-order chi connectivity index (χ0) is 24.7. The smallest absolute Gasteiger partial charge is 0.269 e. The van der Waals surface area contributed by atoms with Crippen LogP contribution in [0, 0.1) is 10.1 Å². The number of methoxy groups -OCH3 is 2. The van der Waals surface area contributed by atoms with Crippen LogP contribution in [0.1, 0.15) is 17.2 Å². The lowest BCUT2D eigenvalue weighted by molar-refractivity contribution is -0.384. The van der Waals surface area contributed by atoms with Crippen LogP contribution in [0.5, 0.6) is 0 Å². The van der Waals surface area contributed by atoms with E-state index in [0.717, 1.165) is 5.56 Å². The summed E-state index contributed by atoms with van der Waals surface area (Å²) in [4.78, 5) is 10.4. The minimum absolute atomic E-state index is 0.0634. The molecule has 178 valence electrons. The largest absolute Gasteiger partial charge is 0.354 e. The van der Waals surface area contributed by atoms with Gasteiger partial charge in [-0.25, -0.2) is 8.42 Å². The van der Waals surface area contributed by atoms with Gasteiger partial charge in [0.2, 0.25) is 10.0 Å². The van der Waals surface area contributed by atoms with E-state index in [0.29, 0.717) is 11.1 Å². The predicted octanol–water partition coefficient (Wildman–Crippen LogP) is 4.66. The average Bonchev–Trinajstić information content (AvgIpc) is 2.87. The van der Waals surface area contributed by atoms with Crippen LogP contribution in [-0.2, 0) is 19.5 Å². The van der Waals surface area contributed by atoms with Crippen molar-refractivity contribution in [1.29, 1.82) is 0 Å². The van der Waals surface area contributed by atoms with Crippen LogP contribution in [0.25, 0.3) is 5.57 Å². The Kier molecular flexibility index (Phi) is 8.30. The Hall–Kier alpha value is -3.37. The van der Waals surface area contributed by atoms with Gasteiger partial charge in [0.05, 0.1) is 9.82 Å². The van der Waals surface area contributed by atoms with E-state index in [4.69, 9.17) is 9.47 Å². The molecule has 0 spiro atoms. The maximum atomic E-state index is 13.9. The van der Waals surface area contributed by atoms with E-state index in [1.165, 1.54) is 42.8 Å². The molecule has 0 heterocycles. The lowest BCUT2D eigenvalue weighted by atomic mass is 10.0. The molecule has 0 aromatic heterocycles. The fourth-order valence-electron chi connectivity index (χ4n) is 3.62. The second kappa shape index (κ2) is 11.2. The van der Waals surface area contributed by atoms with Gasteiger partial charge in [0, 0.05) is 32.9 Å². The quantitative estimate of drug-likeness (QED) is 0.224. The number of sulfonamides is 1. The fourth-order valence-corrected chi connectivity index (χ4v) is 5.22. The van der Waals surface area contributed by atoms with Crippen LogP contribution < -0.4 is 0 Å². The number of nitro benzene ring substituents is 1. The zero-order valence-electron chi connectivity index (χ0n) is 18.9. The molecule has 0 amide bonds. The normalized spacial score (nSPS) is 12.6. The van der Waals surface area contributed by atoms with Gasteiger partial charge in [0.1, 0.15) is 6.04 Å². The first kappa shape index (κ1) is 25.3. The molecule has 0 bridgehead atoms. The van der Waals surface area contributed by atoms with Gasteiger partial charge in [-0.15, -0.1) is 0 Å². The summed E-state index contributed by atoms with van der Waals surface area (Å²) >= 11 is 0. The summed E-state index contributed by atoms with van der Waals surface area (Å²) in [6.45, 7) is 4.06. The Bertz CT molecular complexity index is 1210. The third kappa shape index (κ3) is 5.57. The SMILES string of the molecule is C=C(CN([C@H](c1ccccc1)C(OC)OC)S(=O)(=O)c1ccc([N+](=O)[O-])cc1)c1ccccc1. The number of hydrogen-bond acceptors (Lipinski definition) is 6. The maximum absolute atomic E-state index is 13.9. The first-order valence-electron chi connectivity index (χ1n) is 10.4. The van der Waals surface area contributed by atoms with E-state index in [1.807, 2.05) is 36.4 Å². The van der Waals surface area contributed by atoms with Crippen molar-refractivity contribution in [1.82, 2.24) is 4.31 Å². The molecule has 1 atom stereocenters. The highest BCUT2D eigenvalue weighted by atomic mass is 32.2. The van der Waals surface area contributed by atoms with Gasteiger partial charge < -0.3 is 9.47 Å². The second-order valence-corrected chi connectivity index (χ2v) is 9.36. The second-order valence-electron chi connectivity index (χ2n) is 7.47. The van der Waals surface area contributed by atoms with E-state index < -0.39 is 27.3 Å². The van der Waals surface area contributed by atoms with Gasteiger partial charge in [-0.05, 0) is 28.8 Å². The Morgan fingerprint density at radius 3 is 1.97 bits per heavy atom. The number of nitrogens with zero attached hydrogens (tertiary/aromatic N) is 2. The summed E-state index contributed by atoms with van der Waals surface area (Å²) in [5, 5.41) is 11.1. The van der Waals surface area contributed by atoms with E-state index >= 15 is 0 Å². The van der Waals surface area contributed by atoms with Crippen molar-refractivity contribution in [2.45, 2.75) is 17.2 Å². The van der Waals surface area contributed by atoms with Crippen molar-refractivity contribution < 1.29 is 22.8 Å².